The number of hydrogen-bond donors (Lipinski definition) is 0. The minimum absolute atomic E-state index is 0.0241. The van der Waals surface area contributed by atoms with Crippen molar-refractivity contribution in [2.24, 2.45) is 7.05 Å². The molecular formula is C27H31F3N2O2. The van der Waals surface area contributed by atoms with Crippen LogP contribution in [-0.2, 0) is 18.0 Å². The summed E-state index contributed by atoms with van der Waals surface area (Å²) in [5, 5.41) is 0.753. The van der Waals surface area contributed by atoms with Crippen molar-refractivity contribution in [3.8, 4) is 0 Å². The number of alkyl halides is 3. The van der Waals surface area contributed by atoms with Crippen LogP contribution in [0.2, 0.25) is 0 Å². The Balaban J connectivity index is 1.83. The first kappa shape index (κ1) is 24.3. The maximum atomic E-state index is 13.4. The number of piperidine rings is 1. The molecule has 1 atom stereocenters. The number of fused-ring (bicyclic) bond motifs is 1. The second-order valence-electron chi connectivity index (χ2n) is 9.29. The SMILES string of the molecule is COC(c1c(C)ccc(C(=O)N2CCCCC2)c1C)c1cc2c(C)cc(C(F)(F)F)cc2n1C. The molecule has 1 amide bonds. The molecule has 1 aliphatic rings. The number of amides is 1. The van der Waals surface area contributed by atoms with E-state index in [-0.39, 0.29) is 5.91 Å². The third kappa shape index (κ3) is 4.22. The largest absolute Gasteiger partial charge is 0.416 e. The Kier molecular flexibility index (Phi) is 6.51. The number of ether oxygens (including phenoxy) is 1. The summed E-state index contributed by atoms with van der Waals surface area (Å²) in [6.45, 7) is 7.12. The smallest absolute Gasteiger partial charge is 0.370 e. The average molecular weight is 473 g/mol. The van der Waals surface area contributed by atoms with Gasteiger partial charge in [-0.1, -0.05) is 6.07 Å². The number of nitrogens with zero attached hydrogens (tertiary/aromatic N) is 2. The second-order valence-corrected chi connectivity index (χ2v) is 9.29. The van der Waals surface area contributed by atoms with Crippen LogP contribution in [0.3, 0.4) is 0 Å². The number of carbonyl (C=O) groups excluding carboxylic acids is 1. The van der Waals surface area contributed by atoms with Gasteiger partial charge in [-0.05, 0) is 86.6 Å². The normalized spacial score (nSPS) is 15.7. The number of carbonyl (C=O) groups is 1. The van der Waals surface area contributed by atoms with E-state index in [4.69, 9.17) is 4.74 Å². The van der Waals surface area contributed by atoms with Gasteiger partial charge in [-0.15, -0.1) is 0 Å². The van der Waals surface area contributed by atoms with Gasteiger partial charge in [0.25, 0.3) is 5.91 Å². The molecule has 7 heteroatoms. The number of methoxy groups -OCH3 is 1. The van der Waals surface area contributed by atoms with Crippen LogP contribution in [0.5, 0.6) is 0 Å². The molecule has 0 spiro atoms. The van der Waals surface area contributed by atoms with E-state index in [0.717, 1.165) is 60.1 Å². The molecule has 2 aromatic carbocycles. The maximum absolute atomic E-state index is 13.4. The Labute approximate surface area is 198 Å². The first-order chi connectivity index (χ1) is 16.0. The fourth-order valence-electron chi connectivity index (χ4n) is 5.20. The summed E-state index contributed by atoms with van der Waals surface area (Å²) in [4.78, 5) is 15.2. The zero-order chi connectivity index (χ0) is 24.8. The van der Waals surface area contributed by atoms with Gasteiger partial charge in [-0.3, -0.25) is 4.79 Å². The molecule has 4 nitrogen and oxygen atoms in total. The van der Waals surface area contributed by atoms with E-state index < -0.39 is 17.8 Å². The van der Waals surface area contributed by atoms with Crippen LogP contribution in [0.25, 0.3) is 10.9 Å². The molecule has 1 aromatic heterocycles. The minimum Gasteiger partial charge on any atom is -0.370 e. The highest BCUT2D eigenvalue weighted by atomic mass is 19.4. The zero-order valence-corrected chi connectivity index (χ0v) is 20.3. The summed E-state index contributed by atoms with van der Waals surface area (Å²) in [6, 6.07) is 8.08. The number of hydrogen-bond acceptors (Lipinski definition) is 2. The summed E-state index contributed by atoms with van der Waals surface area (Å²) < 4.78 is 48.0. The molecule has 182 valence electrons. The quantitative estimate of drug-likeness (QED) is 0.435. The van der Waals surface area contributed by atoms with E-state index in [1.807, 2.05) is 36.9 Å². The molecule has 0 radical (unpaired) electrons. The first-order valence-corrected chi connectivity index (χ1v) is 11.6. The molecule has 1 fully saturated rings. The molecular weight excluding hydrogens is 441 g/mol. The van der Waals surface area contributed by atoms with Gasteiger partial charge in [0.15, 0.2) is 0 Å². The number of aromatic nitrogens is 1. The fraction of sp³-hybridized carbons (Fsp3) is 0.444. The molecule has 1 unspecified atom stereocenters. The topological polar surface area (TPSA) is 34.5 Å². The highest BCUT2D eigenvalue weighted by molar-refractivity contribution is 5.96. The van der Waals surface area contributed by atoms with Crippen LogP contribution in [0.4, 0.5) is 13.2 Å². The van der Waals surface area contributed by atoms with Gasteiger partial charge in [0.1, 0.15) is 6.10 Å². The molecule has 0 saturated carbocycles. The van der Waals surface area contributed by atoms with E-state index in [9.17, 15) is 18.0 Å². The third-order valence-corrected chi connectivity index (χ3v) is 7.11. The van der Waals surface area contributed by atoms with Crippen LogP contribution in [0, 0.1) is 20.8 Å². The number of aryl methyl sites for hydroxylation is 3. The lowest BCUT2D eigenvalue weighted by atomic mass is 9.91. The van der Waals surface area contributed by atoms with Gasteiger partial charge in [-0.25, -0.2) is 0 Å². The van der Waals surface area contributed by atoms with Gasteiger partial charge in [0.2, 0.25) is 0 Å². The Morgan fingerprint density at radius 1 is 1.00 bits per heavy atom. The maximum Gasteiger partial charge on any atom is 0.416 e. The molecule has 1 saturated heterocycles. The van der Waals surface area contributed by atoms with Gasteiger partial charge < -0.3 is 14.2 Å². The second kappa shape index (κ2) is 9.10. The predicted molar refractivity (Wildman–Crippen MR) is 127 cm³/mol. The van der Waals surface area contributed by atoms with Gasteiger partial charge in [0, 0.05) is 43.7 Å². The van der Waals surface area contributed by atoms with Crippen LogP contribution in [-0.4, -0.2) is 35.6 Å². The van der Waals surface area contributed by atoms with Crippen LogP contribution >= 0.6 is 0 Å². The molecule has 4 rings (SSSR count). The first-order valence-electron chi connectivity index (χ1n) is 11.6. The lowest BCUT2D eigenvalue weighted by molar-refractivity contribution is -0.137. The summed E-state index contributed by atoms with van der Waals surface area (Å²) in [6.07, 6.45) is -1.77. The fourth-order valence-corrected chi connectivity index (χ4v) is 5.20. The number of halogens is 3. The van der Waals surface area contributed by atoms with Crippen molar-refractivity contribution >= 4 is 16.8 Å². The van der Waals surface area contributed by atoms with Gasteiger partial charge >= 0.3 is 6.18 Å². The van der Waals surface area contributed by atoms with E-state index in [1.54, 1.807) is 25.6 Å². The molecule has 2 heterocycles. The number of rotatable bonds is 4. The van der Waals surface area contributed by atoms with Gasteiger partial charge in [-0.2, -0.15) is 13.2 Å². The van der Waals surface area contributed by atoms with Crippen molar-refractivity contribution in [1.29, 1.82) is 0 Å². The minimum atomic E-state index is -4.42. The van der Waals surface area contributed by atoms with Crippen molar-refractivity contribution in [3.63, 3.8) is 0 Å². The van der Waals surface area contributed by atoms with Crippen LogP contribution in [0.1, 0.15) is 69.2 Å². The Morgan fingerprint density at radius 3 is 2.29 bits per heavy atom. The summed E-state index contributed by atoms with van der Waals surface area (Å²) in [5.74, 6) is 0.0241. The van der Waals surface area contributed by atoms with Crippen molar-refractivity contribution < 1.29 is 22.7 Å². The molecule has 3 aromatic rings. The standard InChI is InChI=1S/C27H31F3N2O2/c1-16-9-10-20(26(33)32-11-7-6-8-12-32)18(3)24(16)25(34-5)23-15-21-17(2)13-19(27(28,29)30)14-22(21)31(23)4/h9-10,13-15,25H,6-8,11-12H2,1-5H3. The zero-order valence-electron chi connectivity index (χ0n) is 20.3. The lowest BCUT2D eigenvalue weighted by Gasteiger charge is -2.29. The van der Waals surface area contributed by atoms with Crippen molar-refractivity contribution in [2.75, 3.05) is 20.2 Å². The summed E-state index contributed by atoms with van der Waals surface area (Å²) in [7, 11) is 3.35. The lowest BCUT2D eigenvalue weighted by Crippen LogP contribution is -2.36. The van der Waals surface area contributed by atoms with E-state index in [0.29, 0.717) is 16.6 Å². The summed E-state index contributed by atoms with van der Waals surface area (Å²) >= 11 is 0. The monoisotopic (exact) mass is 472 g/mol. The number of likely N-dealkylation sites (tertiary alicyclic amines) is 1. The molecule has 0 aliphatic carbocycles. The highest BCUT2D eigenvalue weighted by Crippen LogP contribution is 2.38. The Morgan fingerprint density at radius 2 is 1.68 bits per heavy atom. The predicted octanol–water partition coefficient (Wildman–Crippen LogP) is 6.48. The van der Waals surface area contributed by atoms with Crippen molar-refractivity contribution in [1.82, 2.24) is 9.47 Å². The van der Waals surface area contributed by atoms with E-state index >= 15 is 0 Å². The Hall–Kier alpha value is -2.80. The molecule has 34 heavy (non-hydrogen) atoms. The van der Waals surface area contributed by atoms with E-state index in [2.05, 4.69) is 0 Å². The van der Waals surface area contributed by atoms with Crippen LogP contribution < -0.4 is 0 Å². The Bertz CT molecular complexity index is 1240. The third-order valence-electron chi connectivity index (χ3n) is 7.11. The van der Waals surface area contributed by atoms with E-state index in [1.165, 1.54) is 12.1 Å². The highest BCUT2D eigenvalue weighted by Gasteiger charge is 2.32. The summed E-state index contributed by atoms with van der Waals surface area (Å²) in [5.41, 5.74) is 4.49. The molecule has 1 aliphatic heterocycles. The molecule has 0 N–H and O–H groups in total. The van der Waals surface area contributed by atoms with Gasteiger partial charge in [0.05, 0.1) is 11.3 Å². The van der Waals surface area contributed by atoms with Crippen molar-refractivity contribution in [3.05, 3.63) is 69.4 Å². The average Bonchev–Trinajstić information content (AvgIpc) is 3.13. The van der Waals surface area contributed by atoms with Crippen molar-refractivity contribution in [2.45, 2.75) is 52.3 Å². The van der Waals surface area contributed by atoms with Crippen LogP contribution in [0.15, 0.2) is 30.3 Å². The molecule has 0 bridgehead atoms. The number of benzene rings is 2.